The molecule has 0 fully saturated rings. The van der Waals surface area contributed by atoms with Crippen molar-refractivity contribution in [3.8, 4) is 0 Å². The second-order valence-electron chi connectivity index (χ2n) is 19.3. The maximum Gasteiger partial charge on any atom is 0.305 e. The van der Waals surface area contributed by atoms with E-state index >= 15 is 0 Å². The van der Waals surface area contributed by atoms with Gasteiger partial charge >= 0.3 is 5.97 Å². The number of unbranched alkanes of at least 4 members (excludes halogenated alkanes) is 39. The van der Waals surface area contributed by atoms with Gasteiger partial charge in [0.05, 0.1) is 25.4 Å². The molecular formula is C57H109NO5. The van der Waals surface area contributed by atoms with E-state index in [1.165, 1.54) is 231 Å². The molecule has 0 saturated heterocycles. The lowest BCUT2D eigenvalue weighted by molar-refractivity contribution is -0.143. The van der Waals surface area contributed by atoms with Crippen molar-refractivity contribution in [1.29, 1.82) is 0 Å². The largest absolute Gasteiger partial charge is 0.466 e. The number of rotatable bonds is 52. The van der Waals surface area contributed by atoms with Crippen molar-refractivity contribution in [1.82, 2.24) is 5.32 Å². The minimum Gasteiger partial charge on any atom is -0.466 e. The van der Waals surface area contributed by atoms with Crippen LogP contribution in [0.15, 0.2) is 24.3 Å². The fraction of sp³-hybridized carbons (Fsp3) is 0.895. The van der Waals surface area contributed by atoms with Gasteiger partial charge < -0.3 is 20.3 Å². The molecule has 0 aromatic heterocycles. The summed E-state index contributed by atoms with van der Waals surface area (Å²) in [5.74, 6) is -0.0724. The normalized spacial score (nSPS) is 12.8. The van der Waals surface area contributed by atoms with E-state index in [0.717, 1.165) is 44.9 Å². The van der Waals surface area contributed by atoms with E-state index in [9.17, 15) is 19.8 Å². The summed E-state index contributed by atoms with van der Waals surface area (Å²) in [6.45, 7) is 4.88. The second-order valence-corrected chi connectivity index (χ2v) is 19.3. The van der Waals surface area contributed by atoms with Crippen molar-refractivity contribution in [2.75, 3.05) is 13.2 Å². The summed E-state index contributed by atoms with van der Waals surface area (Å²) < 4.78 is 5.48. The third-order valence-electron chi connectivity index (χ3n) is 13.0. The molecular weight excluding hydrogens is 779 g/mol. The van der Waals surface area contributed by atoms with Crippen LogP contribution in [0, 0.1) is 0 Å². The first-order chi connectivity index (χ1) is 31.0. The maximum atomic E-state index is 12.4. The maximum absolute atomic E-state index is 12.4. The van der Waals surface area contributed by atoms with E-state index in [4.69, 9.17) is 4.74 Å². The van der Waals surface area contributed by atoms with Gasteiger partial charge in [-0.2, -0.15) is 0 Å². The zero-order chi connectivity index (χ0) is 45.8. The average Bonchev–Trinajstić information content (AvgIpc) is 3.28. The van der Waals surface area contributed by atoms with Crippen LogP contribution in [0.25, 0.3) is 0 Å². The van der Waals surface area contributed by atoms with Gasteiger partial charge in [-0.1, -0.05) is 256 Å². The summed E-state index contributed by atoms with van der Waals surface area (Å²) >= 11 is 0. The topological polar surface area (TPSA) is 95.9 Å². The summed E-state index contributed by atoms with van der Waals surface area (Å²) in [6.07, 6.45) is 63.4. The lowest BCUT2D eigenvalue weighted by atomic mass is 10.0. The molecule has 0 aliphatic heterocycles. The van der Waals surface area contributed by atoms with Crippen LogP contribution in [0.1, 0.15) is 303 Å². The minimum absolute atomic E-state index is 0.00687. The summed E-state index contributed by atoms with van der Waals surface area (Å²) in [6, 6.07) is -0.633. The number of carbonyl (C=O) groups is 2. The Kier molecular flexibility index (Phi) is 51.6. The van der Waals surface area contributed by atoms with Crippen LogP contribution >= 0.6 is 0 Å². The summed E-state index contributed by atoms with van der Waals surface area (Å²) in [5, 5.41) is 22.9. The number of carbonyl (C=O) groups excluding carboxylic acids is 2. The number of ether oxygens (including phenoxy) is 1. The van der Waals surface area contributed by atoms with Crippen LogP contribution < -0.4 is 5.32 Å². The highest BCUT2D eigenvalue weighted by Gasteiger charge is 2.18. The number of amides is 1. The molecule has 2 unspecified atom stereocenters. The van der Waals surface area contributed by atoms with E-state index < -0.39 is 12.1 Å². The standard InChI is InChI=1S/C57H109NO5/c1-3-5-7-9-11-13-15-16-17-21-25-28-31-35-39-43-47-51-57(62)63-52-48-44-40-36-32-29-26-23-20-18-19-22-24-27-30-34-38-42-46-50-56(61)58-54(53-59)55(60)49-45-41-37-33-14-12-10-8-6-4-2/h18-19,45,49,54-55,59-60H,3-17,20-44,46-48,50-53H2,1-2H3,(H,58,61)/b19-18-,49-45+. The van der Waals surface area contributed by atoms with Gasteiger partial charge in [0.2, 0.25) is 5.91 Å². The molecule has 0 aliphatic carbocycles. The highest BCUT2D eigenvalue weighted by Crippen LogP contribution is 2.16. The molecule has 0 aromatic carbocycles. The zero-order valence-electron chi connectivity index (χ0n) is 42.3. The third-order valence-corrected chi connectivity index (χ3v) is 13.0. The van der Waals surface area contributed by atoms with Gasteiger partial charge in [0, 0.05) is 12.8 Å². The fourth-order valence-corrected chi connectivity index (χ4v) is 8.63. The Bertz CT molecular complexity index is 982. The Morgan fingerprint density at radius 3 is 1.13 bits per heavy atom. The molecule has 0 rings (SSSR count). The number of aliphatic hydroxyl groups is 2. The minimum atomic E-state index is -0.848. The van der Waals surface area contributed by atoms with Gasteiger partial charge in [-0.05, 0) is 57.8 Å². The zero-order valence-corrected chi connectivity index (χ0v) is 42.3. The molecule has 2 atom stereocenters. The molecule has 63 heavy (non-hydrogen) atoms. The smallest absolute Gasteiger partial charge is 0.305 e. The summed E-state index contributed by atoms with van der Waals surface area (Å²) in [4.78, 5) is 24.4. The van der Waals surface area contributed by atoms with E-state index in [0.29, 0.717) is 19.4 Å². The van der Waals surface area contributed by atoms with Gasteiger partial charge in [-0.15, -0.1) is 0 Å². The highest BCUT2D eigenvalue weighted by atomic mass is 16.5. The first-order valence-electron chi connectivity index (χ1n) is 28.1. The van der Waals surface area contributed by atoms with Gasteiger partial charge in [0.25, 0.3) is 0 Å². The van der Waals surface area contributed by atoms with Crippen LogP contribution in [0.3, 0.4) is 0 Å². The SMILES string of the molecule is CCCCCCCCCC/C=C/C(O)C(CO)NC(=O)CCCCCCCCC/C=C\CCCCCCCCCCOC(=O)CCCCCCCCCCCCCCCCCCC. The number of esters is 1. The molecule has 0 aromatic rings. The van der Waals surface area contributed by atoms with Crippen molar-refractivity contribution in [2.24, 2.45) is 0 Å². The van der Waals surface area contributed by atoms with E-state index in [-0.39, 0.29) is 18.5 Å². The summed E-state index contributed by atoms with van der Waals surface area (Å²) in [7, 11) is 0. The van der Waals surface area contributed by atoms with Gasteiger partial charge in [-0.3, -0.25) is 9.59 Å². The number of aliphatic hydroxyl groups excluding tert-OH is 2. The number of allylic oxidation sites excluding steroid dienone is 3. The summed E-state index contributed by atoms with van der Waals surface area (Å²) in [5.41, 5.74) is 0. The Balaban J connectivity index is 3.41. The van der Waals surface area contributed by atoms with E-state index in [1.54, 1.807) is 6.08 Å². The Morgan fingerprint density at radius 2 is 0.746 bits per heavy atom. The molecule has 3 N–H and O–H groups in total. The molecule has 6 nitrogen and oxygen atoms in total. The average molecular weight is 889 g/mol. The Morgan fingerprint density at radius 1 is 0.429 bits per heavy atom. The molecule has 0 radical (unpaired) electrons. The monoisotopic (exact) mass is 888 g/mol. The molecule has 0 aliphatic rings. The lowest BCUT2D eigenvalue weighted by Crippen LogP contribution is -2.45. The second kappa shape index (κ2) is 53.0. The van der Waals surface area contributed by atoms with Gasteiger partial charge in [0.15, 0.2) is 0 Å². The van der Waals surface area contributed by atoms with Crippen molar-refractivity contribution < 1.29 is 24.5 Å². The van der Waals surface area contributed by atoms with Crippen LogP contribution in [0.4, 0.5) is 0 Å². The molecule has 0 heterocycles. The predicted octanol–water partition coefficient (Wildman–Crippen LogP) is 17.1. The van der Waals surface area contributed by atoms with Crippen molar-refractivity contribution in [3.63, 3.8) is 0 Å². The molecule has 0 bridgehead atoms. The molecule has 0 spiro atoms. The Labute approximate surface area is 392 Å². The van der Waals surface area contributed by atoms with Gasteiger partial charge in [-0.25, -0.2) is 0 Å². The quantitative estimate of drug-likeness (QED) is 0.0321. The fourth-order valence-electron chi connectivity index (χ4n) is 8.63. The first-order valence-corrected chi connectivity index (χ1v) is 28.1. The van der Waals surface area contributed by atoms with Crippen LogP contribution in [-0.2, 0) is 14.3 Å². The van der Waals surface area contributed by atoms with Crippen molar-refractivity contribution in [2.45, 2.75) is 315 Å². The van der Waals surface area contributed by atoms with Crippen molar-refractivity contribution >= 4 is 11.9 Å². The molecule has 372 valence electrons. The number of hydrogen-bond acceptors (Lipinski definition) is 5. The third kappa shape index (κ3) is 49.6. The number of nitrogens with one attached hydrogen (secondary N) is 1. The Hall–Kier alpha value is -1.66. The van der Waals surface area contributed by atoms with Crippen LogP contribution in [0.2, 0.25) is 0 Å². The first kappa shape index (κ1) is 61.3. The van der Waals surface area contributed by atoms with Crippen molar-refractivity contribution in [3.05, 3.63) is 24.3 Å². The molecule has 0 saturated carbocycles. The van der Waals surface area contributed by atoms with Gasteiger partial charge in [0.1, 0.15) is 0 Å². The predicted molar refractivity (Wildman–Crippen MR) is 273 cm³/mol. The van der Waals surface area contributed by atoms with Crippen LogP contribution in [0.5, 0.6) is 0 Å². The highest BCUT2D eigenvalue weighted by molar-refractivity contribution is 5.76. The molecule has 6 heteroatoms. The number of hydrogen-bond donors (Lipinski definition) is 3. The lowest BCUT2D eigenvalue weighted by Gasteiger charge is -2.20. The van der Waals surface area contributed by atoms with E-state index in [1.807, 2.05) is 6.08 Å². The van der Waals surface area contributed by atoms with Crippen LogP contribution in [-0.4, -0.2) is 47.4 Å². The van der Waals surface area contributed by atoms with E-state index in [2.05, 4.69) is 31.3 Å². The molecule has 1 amide bonds.